The van der Waals surface area contributed by atoms with Crippen molar-refractivity contribution in [1.29, 1.82) is 0 Å². The van der Waals surface area contributed by atoms with Crippen molar-refractivity contribution < 1.29 is 13.2 Å². The third kappa shape index (κ3) is 3.55. The lowest BCUT2D eigenvalue weighted by Gasteiger charge is -2.14. The topological polar surface area (TPSA) is 55.4 Å². The molecule has 1 saturated carbocycles. The average Bonchev–Trinajstić information content (AvgIpc) is 2.93. The van der Waals surface area contributed by atoms with Gasteiger partial charge in [0.1, 0.15) is 0 Å². The number of hydrogen-bond acceptors (Lipinski definition) is 3. The summed E-state index contributed by atoms with van der Waals surface area (Å²) in [7, 11) is -1.36. The van der Waals surface area contributed by atoms with E-state index in [-0.39, 0.29) is 11.2 Å². The monoisotopic (exact) mass is 221 g/mol. The van der Waals surface area contributed by atoms with E-state index in [1.54, 1.807) is 14.0 Å². The molecule has 0 amide bonds. The summed E-state index contributed by atoms with van der Waals surface area (Å²) in [4.78, 5) is 0. The van der Waals surface area contributed by atoms with Gasteiger partial charge in [-0.25, -0.2) is 13.1 Å². The summed E-state index contributed by atoms with van der Waals surface area (Å²) in [6, 6.07) is 0. The summed E-state index contributed by atoms with van der Waals surface area (Å²) >= 11 is 0. The fraction of sp³-hybridized carbons (Fsp3) is 1.00. The minimum absolute atomic E-state index is 0.160. The molecule has 0 unspecified atom stereocenters. The van der Waals surface area contributed by atoms with E-state index < -0.39 is 10.0 Å². The van der Waals surface area contributed by atoms with Crippen molar-refractivity contribution in [2.45, 2.75) is 26.2 Å². The van der Waals surface area contributed by atoms with E-state index >= 15 is 0 Å². The molecule has 0 aromatic rings. The van der Waals surface area contributed by atoms with Crippen molar-refractivity contribution in [3.8, 4) is 0 Å². The highest BCUT2D eigenvalue weighted by Crippen LogP contribution is 2.48. The molecule has 1 fully saturated rings. The second-order valence-electron chi connectivity index (χ2n) is 3.97. The first-order valence-corrected chi connectivity index (χ1v) is 6.65. The van der Waals surface area contributed by atoms with E-state index in [0.29, 0.717) is 13.2 Å². The minimum atomic E-state index is -3.03. The zero-order valence-corrected chi connectivity index (χ0v) is 9.69. The number of rotatable bonds is 7. The highest BCUT2D eigenvalue weighted by molar-refractivity contribution is 7.89. The highest BCUT2D eigenvalue weighted by atomic mass is 32.2. The largest absolute Gasteiger partial charge is 0.385 e. The lowest BCUT2D eigenvalue weighted by Crippen LogP contribution is -2.31. The standard InChI is InChI=1S/C9H19NO3S/c1-3-14(11,12)10-8-9(4-5-9)6-7-13-2/h10H,3-8H2,1-2H3. The Bertz CT molecular complexity index is 270. The molecule has 4 nitrogen and oxygen atoms in total. The Labute approximate surface area is 86.1 Å². The van der Waals surface area contributed by atoms with Crippen LogP contribution < -0.4 is 4.72 Å². The average molecular weight is 221 g/mol. The number of hydrogen-bond donors (Lipinski definition) is 1. The third-order valence-corrected chi connectivity index (χ3v) is 4.18. The van der Waals surface area contributed by atoms with Crippen LogP contribution in [0.4, 0.5) is 0 Å². The van der Waals surface area contributed by atoms with E-state index in [4.69, 9.17) is 4.74 Å². The van der Waals surface area contributed by atoms with E-state index in [1.165, 1.54) is 0 Å². The maximum absolute atomic E-state index is 11.2. The molecule has 84 valence electrons. The summed E-state index contributed by atoms with van der Waals surface area (Å²) in [5.41, 5.74) is 0.193. The van der Waals surface area contributed by atoms with Crippen LogP contribution in [0.5, 0.6) is 0 Å². The second kappa shape index (κ2) is 4.59. The summed E-state index contributed by atoms with van der Waals surface area (Å²) in [6.07, 6.45) is 3.18. The fourth-order valence-electron chi connectivity index (χ4n) is 1.38. The maximum atomic E-state index is 11.2. The maximum Gasteiger partial charge on any atom is 0.211 e. The fourth-order valence-corrected chi connectivity index (χ4v) is 2.11. The van der Waals surface area contributed by atoms with Crippen LogP contribution in [0.3, 0.4) is 0 Å². The molecule has 1 N–H and O–H groups in total. The van der Waals surface area contributed by atoms with E-state index in [2.05, 4.69) is 4.72 Å². The molecule has 5 heteroatoms. The molecule has 0 atom stereocenters. The Kier molecular flexibility index (Phi) is 3.92. The molecule has 1 aliphatic rings. The van der Waals surface area contributed by atoms with Crippen molar-refractivity contribution in [1.82, 2.24) is 4.72 Å². The zero-order chi connectivity index (χ0) is 10.7. The third-order valence-electron chi connectivity index (χ3n) is 2.84. The van der Waals surface area contributed by atoms with Gasteiger partial charge in [0.15, 0.2) is 0 Å². The first kappa shape index (κ1) is 11.9. The smallest absolute Gasteiger partial charge is 0.211 e. The van der Waals surface area contributed by atoms with Gasteiger partial charge in [-0.3, -0.25) is 0 Å². The Morgan fingerprint density at radius 1 is 1.43 bits per heavy atom. The van der Waals surface area contributed by atoms with Gasteiger partial charge in [-0.05, 0) is 31.6 Å². The van der Waals surface area contributed by atoms with Gasteiger partial charge in [0.25, 0.3) is 0 Å². The van der Waals surface area contributed by atoms with Gasteiger partial charge in [0.2, 0.25) is 10.0 Å². The molecule has 0 radical (unpaired) electrons. The van der Waals surface area contributed by atoms with Crippen molar-refractivity contribution in [2.75, 3.05) is 26.0 Å². The molecule has 0 bridgehead atoms. The Morgan fingerprint density at radius 3 is 2.50 bits per heavy atom. The molecule has 0 aliphatic heterocycles. The van der Waals surface area contributed by atoms with Crippen LogP contribution >= 0.6 is 0 Å². The van der Waals surface area contributed by atoms with E-state index in [0.717, 1.165) is 19.3 Å². The van der Waals surface area contributed by atoms with Gasteiger partial charge in [0.05, 0.1) is 5.75 Å². The van der Waals surface area contributed by atoms with Crippen LogP contribution in [0.2, 0.25) is 0 Å². The Morgan fingerprint density at radius 2 is 2.07 bits per heavy atom. The molecular weight excluding hydrogens is 202 g/mol. The molecule has 0 heterocycles. The Hall–Kier alpha value is -0.130. The molecule has 0 aromatic heterocycles. The summed E-state index contributed by atoms with van der Waals surface area (Å²) in [5.74, 6) is 0.160. The van der Waals surface area contributed by atoms with Crippen LogP contribution in [0.1, 0.15) is 26.2 Å². The quantitative estimate of drug-likeness (QED) is 0.690. The normalized spacial score (nSPS) is 19.6. The van der Waals surface area contributed by atoms with Crippen LogP contribution in [0.25, 0.3) is 0 Å². The van der Waals surface area contributed by atoms with Crippen LogP contribution in [-0.4, -0.2) is 34.4 Å². The van der Waals surface area contributed by atoms with Gasteiger partial charge in [-0.1, -0.05) is 0 Å². The highest BCUT2D eigenvalue weighted by Gasteiger charge is 2.42. The number of methoxy groups -OCH3 is 1. The van der Waals surface area contributed by atoms with E-state index in [9.17, 15) is 8.42 Å². The predicted octanol–water partition coefficient (Wildman–Crippen LogP) is 0.742. The lowest BCUT2D eigenvalue weighted by atomic mass is 10.0. The van der Waals surface area contributed by atoms with Crippen LogP contribution in [-0.2, 0) is 14.8 Å². The molecule has 14 heavy (non-hydrogen) atoms. The second-order valence-corrected chi connectivity index (χ2v) is 6.06. The molecule has 0 aromatic carbocycles. The van der Waals surface area contributed by atoms with E-state index in [1.807, 2.05) is 0 Å². The molecule has 1 rings (SSSR count). The molecule has 1 aliphatic carbocycles. The SMILES string of the molecule is CCS(=O)(=O)NCC1(CCOC)CC1. The zero-order valence-electron chi connectivity index (χ0n) is 8.88. The lowest BCUT2D eigenvalue weighted by molar-refractivity contribution is 0.173. The van der Waals surface area contributed by atoms with Gasteiger partial charge in [-0.2, -0.15) is 0 Å². The molecule has 0 saturated heterocycles. The van der Waals surface area contributed by atoms with Crippen molar-refractivity contribution >= 4 is 10.0 Å². The first-order valence-electron chi connectivity index (χ1n) is 5.00. The van der Waals surface area contributed by atoms with Gasteiger partial charge in [0, 0.05) is 20.3 Å². The van der Waals surface area contributed by atoms with Gasteiger partial charge in [-0.15, -0.1) is 0 Å². The van der Waals surface area contributed by atoms with Gasteiger partial charge >= 0.3 is 0 Å². The first-order chi connectivity index (χ1) is 6.54. The number of ether oxygens (including phenoxy) is 1. The van der Waals surface area contributed by atoms with Crippen LogP contribution in [0, 0.1) is 5.41 Å². The summed E-state index contributed by atoms with van der Waals surface area (Å²) in [6.45, 7) is 2.94. The molecular formula is C9H19NO3S. The minimum Gasteiger partial charge on any atom is -0.385 e. The number of sulfonamides is 1. The predicted molar refractivity (Wildman–Crippen MR) is 55.6 cm³/mol. The van der Waals surface area contributed by atoms with Crippen molar-refractivity contribution in [3.63, 3.8) is 0 Å². The molecule has 0 spiro atoms. The summed E-state index contributed by atoms with van der Waals surface area (Å²) in [5, 5.41) is 0. The van der Waals surface area contributed by atoms with Crippen LogP contribution in [0.15, 0.2) is 0 Å². The van der Waals surface area contributed by atoms with Crippen molar-refractivity contribution in [2.24, 2.45) is 5.41 Å². The Balaban J connectivity index is 2.30. The van der Waals surface area contributed by atoms with Crippen molar-refractivity contribution in [3.05, 3.63) is 0 Å². The summed E-state index contributed by atoms with van der Waals surface area (Å²) < 4.78 is 30.0. The number of nitrogens with one attached hydrogen (secondary N) is 1. The van der Waals surface area contributed by atoms with Gasteiger partial charge < -0.3 is 4.74 Å².